The van der Waals surface area contributed by atoms with Gasteiger partial charge in [-0.05, 0) is 30.3 Å². The molecule has 8 nitrogen and oxygen atoms in total. The van der Waals surface area contributed by atoms with Crippen molar-refractivity contribution in [2.24, 2.45) is 0 Å². The molecule has 0 aliphatic carbocycles. The summed E-state index contributed by atoms with van der Waals surface area (Å²) in [5, 5.41) is 19.8. The minimum Gasteiger partial charge on any atom is -0.508 e. The fourth-order valence-corrected chi connectivity index (χ4v) is 4.28. The van der Waals surface area contributed by atoms with Crippen LogP contribution in [-0.2, 0) is 21.6 Å². The van der Waals surface area contributed by atoms with Gasteiger partial charge in [0.25, 0.3) is 11.3 Å². The molecule has 2 heterocycles. The lowest BCUT2D eigenvalue weighted by Crippen LogP contribution is -2.32. The number of benzene rings is 3. The highest BCUT2D eigenvalue weighted by Crippen LogP contribution is 2.57. The molecule has 3 aromatic rings. The van der Waals surface area contributed by atoms with Crippen molar-refractivity contribution < 1.29 is 33.2 Å². The molecule has 146 valence electrons. The average molecular weight is 411 g/mol. The molecule has 2 aliphatic heterocycles. The van der Waals surface area contributed by atoms with Gasteiger partial charge in [0.15, 0.2) is 5.60 Å². The predicted molar refractivity (Wildman–Crippen MR) is 102 cm³/mol. The number of fused-ring (bicyclic) bond motifs is 6. The van der Waals surface area contributed by atoms with Crippen LogP contribution in [0.4, 0.5) is 5.69 Å². The average Bonchev–Trinajstić information content (AvgIpc) is 2.95. The monoisotopic (exact) mass is 411 g/mol. The van der Waals surface area contributed by atoms with Crippen LogP contribution in [0.2, 0.25) is 0 Å². The number of nitrogens with one attached hydrogen (secondary N) is 1. The summed E-state index contributed by atoms with van der Waals surface area (Å²) in [5.74, 6) is -0.259. The van der Waals surface area contributed by atoms with Gasteiger partial charge < -0.3 is 19.7 Å². The number of carbonyl (C=O) groups excluding carboxylic acids is 1. The zero-order valence-electron chi connectivity index (χ0n) is 14.6. The molecule has 5 rings (SSSR count). The number of rotatable bonds is 2. The van der Waals surface area contributed by atoms with Crippen molar-refractivity contribution in [1.82, 2.24) is 0 Å². The van der Waals surface area contributed by atoms with Crippen LogP contribution < -0.4 is 9.46 Å². The Morgan fingerprint density at radius 2 is 1.52 bits per heavy atom. The lowest BCUT2D eigenvalue weighted by Gasteiger charge is -2.36. The standard InChI is InChI=1S/C20H13NO7S/c22-10-4-6-12-16(8-10)27-17-9-11(23)5-7-13(17)20(12)14-2-1-3-15(21-29(25)26)18(14)19(24)28-20/h1-9,21-23H,(H,25,26). The Labute approximate surface area is 166 Å². The van der Waals surface area contributed by atoms with Crippen LogP contribution in [0.15, 0.2) is 54.6 Å². The number of carbonyl (C=O) groups is 1. The molecule has 1 spiro atoms. The molecule has 0 fully saturated rings. The molecule has 1 atom stereocenters. The molecule has 0 aromatic heterocycles. The molecule has 9 heteroatoms. The van der Waals surface area contributed by atoms with Crippen LogP contribution >= 0.6 is 0 Å². The topological polar surface area (TPSA) is 125 Å². The van der Waals surface area contributed by atoms with Crippen molar-refractivity contribution in [3.05, 3.63) is 76.9 Å². The van der Waals surface area contributed by atoms with Gasteiger partial charge in [-0.1, -0.05) is 12.1 Å². The number of esters is 1. The SMILES string of the molecule is O=C1OC2(c3ccc(O)cc3Oc3cc(O)ccc32)c2cccc(NS(=O)O)c21. The maximum Gasteiger partial charge on any atom is 0.342 e. The second-order valence-electron chi connectivity index (χ2n) is 6.61. The fraction of sp³-hybridized carbons (Fsp3) is 0.0500. The molecular formula is C20H13NO7S. The van der Waals surface area contributed by atoms with Gasteiger partial charge >= 0.3 is 5.97 Å². The normalized spacial score (nSPS) is 16.2. The smallest absolute Gasteiger partial charge is 0.342 e. The van der Waals surface area contributed by atoms with E-state index in [1.165, 1.54) is 30.3 Å². The first kappa shape index (κ1) is 17.5. The van der Waals surface area contributed by atoms with Crippen molar-refractivity contribution in [3.8, 4) is 23.0 Å². The number of aromatic hydroxyl groups is 2. The number of hydrogen-bond acceptors (Lipinski definition) is 6. The Morgan fingerprint density at radius 3 is 2.10 bits per heavy atom. The quantitative estimate of drug-likeness (QED) is 0.377. The third-order valence-corrected chi connectivity index (χ3v) is 5.39. The molecule has 3 aromatic carbocycles. The second-order valence-corrected chi connectivity index (χ2v) is 7.32. The van der Waals surface area contributed by atoms with E-state index in [0.29, 0.717) is 16.7 Å². The van der Waals surface area contributed by atoms with E-state index in [0.717, 1.165) is 0 Å². The number of phenols is 2. The third kappa shape index (κ3) is 2.41. The molecule has 4 N–H and O–H groups in total. The Hall–Kier alpha value is -3.56. The number of anilines is 1. The lowest BCUT2D eigenvalue weighted by molar-refractivity contribution is 0.0224. The van der Waals surface area contributed by atoms with Crippen LogP contribution in [0, 0.1) is 0 Å². The van der Waals surface area contributed by atoms with Gasteiger partial charge in [0.2, 0.25) is 0 Å². The van der Waals surface area contributed by atoms with E-state index in [4.69, 9.17) is 9.47 Å². The maximum atomic E-state index is 12.9. The van der Waals surface area contributed by atoms with Gasteiger partial charge in [-0.2, -0.15) is 0 Å². The van der Waals surface area contributed by atoms with Crippen molar-refractivity contribution in [2.75, 3.05) is 4.72 Å². The first-order valence-corrected chi connectivity index (χ1v) is 9.60. The highest BCUT2D eigenvalue weighted by molar-refractivity contribution is 7.80. The Kier molecular flexibility index (Phi) is 3.61. The number of hydrogen-bond donors (Lipinski definition) is 4. The summed E-state index contributed by atoms with van der Waals surface area (Å²) in [7, 11) is 0. The van der Waals surface area contributed by atoms with E-state index in [1.54, 1.807) is 24.3 Å². The molecule has 2 aliphatic rings. The predicted octanol–water partition coefficient (Wildman–Crippen LogP) is 3.21. The summed E-state index contributed by atoms with van der Waals surface area (Å²) in [6.07, 6.45) is 0. The Morgan fingerprint density at radius 1 is 0.897 bits per heavy atom. The van der Waals surface area contributed by atoms with Crippen LogP contribution in [0.3, 0.4) is 0 Å². The summed E-state index contributed by atoms with van der Waals surface area (Å²) in [6, 6.07) is 13.7. The fourth-order valence-electron chi connectivity index (χ4n) is 3.93. The molecule has 0 amide bonds. The number of ether oxygens (including phenoxy) is 2. The summed E-state index contributed by atoms with van der Waals surface area (Å²) in [6.45, 7) is 0. The molecule has 1 unspecified atom stereocenters. The molecule has 0 saturated carbocycles. The zero-order valence-corrected chi connectivity index (χ0v) is 15.4. The first-order chi connectivity index (χ1) is 13.9. The molecular weight excluding hydrogens is 398 g/mol. The summed E-state index contributed by atoms with van der Waals surface area (Å²) >= 11 is -2.39. The Balaban J connectivity index is 1.86. The maximum absolute atomic E-state index is 12.9. The first-order valence-electron chi connectivity index (χ1n) is 8.49. The van der Waals surface area contributed by atoms with E-state index in [9.17, 15) is 23.8 Å². The van der Waals surface area contributed by atoms with E-state index < -0.39 is 22.8 Å². The van der Waals surface area contributed by atoms with E-state index in [2.05, 4.69) is 4.72 Å². The zero-order chi connectivity index (χ0) is 20.3. The lowest BCUT2D eigenvalue weighted by atomic mass is 9.77. The van der Waals surface area contributed by atoms with Gasteiger partial charge in [-0.25, -0.2) is 9.00 Å². The minimum absolute atomic E-state index is 0.0434. The van der Waals surface area contributed by atoms with Crippen molar-refractivity contribution in [2.45, 2.75) is 5.60 Å². The van der Waals surface area contributed by atoms with Gasteiger partial charge in [0, 0.05) is 28.8 Å². The van der Waals surface area contributed by atoms with Crippen LogP contribution in [0.25, 0.3) is 0 Å². The van der Waals surface area contributed by atoms with E-state index in [1.807, 2.05) is 0 Å². The van der Waals surface area contributed by atoms with Crippen molar-refractivity contribution >= 4 is 22.9 Å². The third-order valence-electron chi connectivity index (χ3n) is 5.00. The number of phenolic OH excluding ortho intramolecular Hbond substituents is 2. The molecule has 0 saturated heterocycles. The molecule has 0 radical (unpaired) electrons. The molecule has 0 bridgehead atoms. The van der Waals surface area contributed by atoms with Gasteiger partial charge in [0.1, 0.15) is 23.0 Å². The summed E-state index contributed by atoms with van der Waals surface area (Å²) in [5.41, 5.74) is 0.254. The van der Waals surface area contributed by atoms with Crippen molar-refractivity contribution in [3.63, 3.8) is 0 Å². The molecule has 29 heavy (non-hydrogen) atoms. The summed E-state index contributed by atoms with van der Waals surface area (Å²) < 4.78 is 34.6. The van der Waals surface area contributed by atoms with Gasteiger partial charge in [0.05, 0.1) is 11.3 Å². The van der Waals surface area contributed by atoms with Crippen LogP contribution in [-0.4, -0.2) is 24.9 Å². The van der Waals surface area contributed by atoms with Gasteiger partial charge in [-0.3, -0.25) is 9.27 Å². The largest absolute Gasteiger partial charge is 0.508 e. The minimum atomic E-state index is -2.39. The summed E-state index contributed by atoms with van der Waals surface area (Å²) in [4.78, 5) is 12.9. The van der Waals surface area contributed by atoms with E-state index in [-0.39, 0.29) is 34.2 Å². The second kappa shape index (κ2) is 5.97. The Bertz CT molecular complexity index is 1170. The highest BCUT2D eigenvalue weighted by atomic mass is 32.2. The van der Waals surface area contributed by atoms with Crippen LogP contribution in [0.1, 0.15) is 27.0 Å². The van der Waals surface area contributed by atoms with Gasteiger partial charge in [-0.15, -0.1) is 0 Å². The van der Waals surface area contributed by atoms with Crippen LogP contribution in [0.5, 0.6) is 23.0 Å². The highest BCUT2D eigenvalue weighted by Gasteiger charge is 2.54. The van der Waals surface area contributed by atoms with Crippen molar-refractivity contribution in [1.29, 1.82) is 0 Å². The van der Waals surface area contributed by atoms with E-state index >= 15 is 0 Å².